The predicted molar refractivity (Wildman–Crippen MR) is 95.7 cm³/mol. The van der Waals surface area contributed by atoms with Crippen LogP contribution in [0, 0.1) is 0 Å². The zero-order valence-corrected chi connectivity index (χ0v) is 15.0. The molecule has 0 bridgehead atoms. The number of hydrogen-bond acceptors (Lipinski definition) is 2. The lowest BCUT2D eigenvalue weighted by Crippen LogP contribution is -3.00. The smallest absolute Gasteiger partial charge is 0.365 e. The van der Waals surface area contributed by atoms with Crippen molar-refractivity contribution in [1.29, 1.82) is 0 Å². The van der Waals surface area contributed by atoms with E-state index >= 15 is 0 Å². The number of carbonyl (C=O) groups is 1. The SMILES string of the molecule is [Cl-].[NH3+]C1(C(=O)O)CCc2ccc(Oc3ccc4ccccc4c3)cc2C1. The van der Waals surface area contributed by atoms with Crippen molar-refractivity contribution in [1.82, 2.24) is 0 Å². The maximum absolute atomic E-state index is 11.5. The van der Waals surface area contributed by atoms with E-state index in [-0.39, 0.29) is 12.4 Å². The van der Waals surface area contributed by atoms with Gasteiger partial charge in [0.1, 0.15) is 11.5 Å². The highest BCUT2D eigenvalue weighted by molar-refractivity contribution is 5.83. The fourth-order valence-corrected chi connectivity index (χ4v) is 3.45. The van der Waals surface area contributed by atoms with Gasteiger partial charge in [-0.2, -0.15) is 0 Å². The normalized spacial score (nSPS) is 18.7. The van der Waals surface area contributed by atoms with E-state index in [9.17, 15) is 9.90 Å². The van der Waals surface area contributed by atoms with Crippen LogP contribution >= 0.6 is 0 Å². The molecule has 0 amide bonds. The van der Waals surface area contributed by atoms with Gasteiger partial charge in [-0.1, -0.05) is 36.4 Å². The molecular weight excluding hydrogens is 350 g/mol. The van der Waals surface area contributed by atoms with Gasteiger partial charge < -0.3 is 28.0 Å². The summed E-state index contributed by atoms with van der Waals surface area (Å²) >= 11 is 0. The summed E-state index contributed by atoms with van der Waals surface area (Å²) in [7, 11) is 0. The monoisotopic (exact) mass is 369 g/mol. The van der Waals surface area contributed by atoms with Crippen LogP contribution in [0.3, 0.4) is 0 Å². The van der Waals surface area contributed by atoms with Crippen LogP contribution in [-0.4, -0.2) is 16.6 Å². The van der Waals surface area contributed by atoms with Gasteiger partial charge >= 0.3 is 5.97 Å². The van der Waals surface area contributed by atoms with Gasteiger partial charge in [0.25, 0.3) is 0 Å². The van der Waals surface area contributed by atoms with Gasteiger partial charge in [-0.25, -0.2) is 4.79 Å². The fraction of sp³-hybridized carbons (Fsp3) is 0.190. The minimum absolute atomic E-state index is 0. The first-order valence-corrected chi connectivity index (χ1v) is 8.41. The average Bonchev–Trinajstić information content (AvgIpc) is 2.61. The van der Waals surface area contributed by atoms with E-state index in [4.69, 9.17) is 4.74 Å². The molecule has 4 N–H and O–H groups in total. The molecule has 0 heterocycles. The lowest BCUT2D eigenvalue weighted by atomic mass is 9.78. The second kappa shape index (κ2) is 6.98. The van der Waals surface area contributed by atoms with Crippen molar-refractivity contribution in [3.8, 4) is 11.5 Å². The number of aliphatic carboxylic acids is 1. The third kappa shape index (κ3) is 3.39. The topological polar surface area (TPSA) is 74.2 Å². The van der Waals surface area contributed by atoms with Crippen molar-refractivity contribution in [3.05, 3.63) is 71.8 Å². The molecule has 0 saturated heterocycles. The van der Waals surface area contributed by atoms with Gasteiger partial charge in [-0.05, 0) is 52.6 Å². The summed E-state index contributed by atoms with van der Waals surface area (Å²) in [5.74, 6) is 0.663. The van der Waals surface area contributed by atoms with E-state index in [1.54, 1.807) is 0 Å². The molecule has 1 atom stereocenters. The lowest BCUT2D eigenvalue weighted by molar-refractivity contribution is -0.464. The van der Waals surface area contributed by atoms with Gasteiger partial charge in [0.2, 0.25) is 0 Å². The number of rotatable bonds is 3. The van der Waals surface area contributed by atoms with Crippen molar-refractivity contribution in [3.63, 3.8) is 0 Å². The summed E-state index contributed by atoms with van der Waals surface area (Å²) < 4.78 is 6.01. The fourth-order valence-electron chi connectivity index (χ4n) is 3.45. The Balaban J connectivity index is 0.00000196. The Labute approximate surface area is 158 Å². The quantitative estimate of drug-likeness (QED) is 0.692. The standard InChI is InChI=1S/C21H19NO3.ClH/c22-21(20(23)24)10-9-15-6-8-19(12-17(15)13-21)25-18-7-5-14-3-1-2-4-16(14)11-18;/h1-8,11-12H,9-10,13,22H2,(H,23,24);1H. The first kappa shape index (κ1) is 18.2. The summed E-state index contributed by atoms with van der Waals surface area (Å²) in [5.41, 5.74) is 5.20. The molecule has 0 spiro atoms. The Morgan fingerprint density at radius 3 is 2.42 bits per heavy atom. The van der Waals surface area contributed by atoms with Crippen LogP contribution in [-0.2, 0) is 17.6 Å². The van der Waals surface area contributed by atoms with E-state index in [1.807, 2.05) is 48.5 Å². The molecule has 3 aromatic carbocycles. The molecule has 0 radical (unpaired) electrons. The van der Waals surface area contributed by atoms with E-state index in [1.165, 1.54) is 10.9 Å². The molecule has 0 aliphatic heterocycles. The second-order valence-corrected chi connectivity index (χ2v) is 6.80. The summed E-state index contributed by atoms with van der Waals surface area (Å²) in [4.78, 5) is 11.5. The predicted octanol–water partition coefficient (Wildman–Crippen LogP) is 0.190. The molecule has 3 aromatic rings. The first-order chi connectivity index (χ1) is 12.0. The van der Waals surface area contributed by atoms with Crippen LogP contribution in [0.2, 0.25) is 0 Å². The average molecular weight is 370 g/mol. The molecule has 0 aromatic heterocycles. The Morgan fingerprint density at radius 2 is 1.65 bits per heavy atom. The van der Waals surface area contributed by atoms with Crippen molar-refractivity contribution in [2.24, 2.45) is 0 Å². The Bertz CT molecular complexity index is 972. The number of halogens is 1. The third-order valence-electron chi connectivity index (χ3n) is 4.99. The third-order valence-corrected chi connectivity index (χ3v) is 4.99. The number of ether oxygens (including phenoxy) is 1. The minimum atomic E-state index is -0.936. The maximum Gasteiger partial charge on any atom is 0.365 e. The van der Waals surface area contributed by atoms with Gasteiger partial charge in [0, 0.05) is 12.8 Å². The molecule has 0 saturated carbocycles. The van der Waals surface area contributed by atoms with Crippen LogP contribution < -0.4 is 22.9 Å². The number of carboxylic acids is 1. The minimum Gasteiger partial charge on any atom is -1.00 e. The molecule has 26 heavy (non-hydrogen) atoms. The number of fused-ring (bicyclic) bond motifs is 2. The van der Waals surface area contributed by atoms with Crippen LogP contribution in [0.25, 0.3) is 10.8 Å². The lowest BCUT2D eigenvalue weighted by Gasteiger charge is -2.28. The second-order valence-electron chi connectivity index (χ2n) is 6.80. The van der Waals surface area contributed by atoms with E-state index in [0.717, 1.165) is 28.9 Å². The molecule has 1 unspecified atom stereocenters. The maximum atomic E-state index is 11.5. The number of hydrogen-bond donors (Lipinski definition) is 2. The molecule has 4 nitrogen and oxygen atoms in total. The van der Waals surface area contributed by atoms with E-state index < -0.39 is 11.5 Å². The Hall–Kier alpha value is -2.56. The zero-order chi connectivity index (χ0) is 17.4. The van der Waals surface area contributed by atoms with Crippen LogP contribution in [0.15, 0.2) is 60.7 Å². The molecule has 5 heteroatoms. The Kier molecular flexibility index (Phi) is 4.90. The number of aryl methyl sites for hydroxylation is 1. The van der Waals surface area contributed by atoms with E-state index in [2.05, 4.69) is 17.9 Å². The zero-order valence-electron chi connectivity index (χ0n) is 14.2. The number of benzene rings is 3. The van der Waals surface area contributed by atoms with Gasteiger partial charge in [-0.3, -0.25) is 0 Å². The van der Waals surface area contributed by atoms with Crippen molar-refractivity contribution >= 4 is 16.7 Å². The van der Waals surface area contributed by atoms with Crippen LogP contribution in [0.4, 0.5) is 0 Å². The highest BCUT2D eigenvalue weighted by atomic mass is 35.5. The van der Waals surface area contributed by atoms with Gasteiger partial charge in [0.15, 0.2) is 5.54 Å². The summed E-state index contributed by atoms with van der Waals surface area (Å²) in [5, 5.41) is 11.7. The number of carboxylic acid groups (broad SMARTS) is 1. The summed E-state index contributed by atoms with van der Waals surface area (Å²) in [6, 6.07) is 20.1. The summed E-state index contributed by atoms with van der Waals surface area (Å²) in [6.45, 7) is 0. The van der Waals surface area contributed by atoms with Gasteiger partial charge in [-0.15, -0.1) is 0 Å². The van der Waals surface area contributed by atoms with Crippen LogP contribution in [0.1, 0.15) is 17.5 Å². The summed E-state index contributed by atoms with van der Waals surface area (Å²) in [6.07, 6.45) is 1.74. The van der Waals surface area contributed by atoms with Crippen molar-refractivity contribution in [2.75, 3.05) is 0 Å². The van der Waals surface area contributed by atoms with E-state index in [0.29, 0.717) is 12.8 Å². The van der Waals surface area contributed by atoms with Gasteiger partial charge in [0.05, 0.1) is 0 Å². The first-order valence-electron chi connectivity index (χ1n) is 8.41. The highest BCUT2D eigenvalue weighted by Crippen LogP contribution is 2.32. The van der Waals surface area contributed by atoms with Crippen molar-refractivity contribution in [2.45, 2.75) is 24.8 Å². The molecule has 1 aliphatic rings. The Morgan fingerprint density at radius 1 is 0.962 bits per heavy atom. The highest BCUT2D eigenvalue weighted by Gasteiger charge is 2.41. The molecule has 4 rings (SSSR count). The number of quaternary nitrogens is 1. The van der Waals surface area contributed by atoms with Crippen LogP contribution in [0.5, 0.6) is 11.5 Å². The molecule has 1 aliphatic carbocycles. The van der Waals surface area contributed by atoms with Crippen molar-refractivity contribution < 1.29 is 32.8 Å². The molecule has 0 fully saturated rings. The molecular formula is C21H20ClNO3. The largest absolute Gasteiger partial charge is 1.00 e. The molecule has 134 valence electrons.